The number of fused-ring (bicyclic) bond motifs is 1. The summed E-state index contributed by atoms with van der Waals surface area (Å²) >= 11 is 0. The van der Waals surface area contributed by atoms with Crippen molar-refractivity contribution in [1.82, 2.24) is 24.9 Å². The maximum atomic E-state index is 13.3. The zero-order valence-electron chi connectivity index (χ0n) is 33.7. The zero-order valence-corrected chi connectivity index (χ0v) is 33.7. The van der Waals surface area contributed by atoms with Crippen LogP contribution in [0.3, 0.4) is 0 Å². The Hall–Kier alpha value is -1.81. The van der Waals surface area contributed by atoms with Crippen molar-refractivity contribution < 1.29 is 19.5 Å². The highest BCUT2D eigenvalue weighted by Crippen LogP contribution is 2.46. The second kappa shape index (κ2) is 17.8. The Labute approximate surface area is 326 Å². The third kappa shape index (κ3) is 8.69. The smallest absolute Gasteiger partial charge is 0.249 e. The normalized spacial score (nSPS) is 38.0. The van der Waals surface area contributed by atoms with E-state index in [9.17, 15) is 19.5 Å². The average Bonchev–Trinajstić information content (AvgIpc) is 3.53. The lowest BCUT2D eigenvalue weighted by molar-refractivity contribution is -0.144. The summed E-state index contributed by atoms with van der Waals surface area (Å²) in [4.78, 5) is 47.7. The average molecular weight is 748 g/mol. The number of imide groups is 1. The number of carbonyl (C=O) groups is 3. The van der Waals surface area contributed by atoms with Gasteiger partial charge in [0.15, 0.2) is 0 Å². The van der Waals surface area contributed by atoms with Gasteiger partial charge in [0.25, 0.3) is 0 Å². The van der Waals surface area contributed by atoms with E-state index in [2.05, 4.69) is 26.9 Å². The molecule has 0 radical (unpaired) electrons. The molecule has 54 heavy (non-hydrogen) atoms. The van der Waals surface area contributed by atoms with Gasteiger partial charge in [-0.05, 0) is 152 Å². The van der Waals surface area contributed by atoms with E-state index in [1.807, 2.05) is 16.0 Å². The first kappa shape index (κ1) is 39.0. The standard InChI is InChI=1S/C45H73N5O4/c1-2-39(32-6-4-3-5-7-32)43(34-10-15-38(51)16-11-34)33-8-12-36(13-9-33)48-22-20-31(21-23-48)29-47-24-26-49(27-25-47)37-14-17-40-35(28-37)30-50(45(40)54)41-18-19-42(52)46-44(41)53/h31-38,40-41,51H,2-30H2,1H3,(H,46,52,53)/b43-39+. The third-order valence-corrected chi connectivity index (χ3v) is 16.3. The maximum Gasteiger partial charge on any atom is 0.249 e. The van der Waals surface area contributed by atoms with Crippen LogP contribution in [0, 0.1) is 35.5 Å². The molecule has 9 nitrogen and oxygen atoms in total. The number of amides is 3. The summed E-state index contributed by atoms with van der Waals surface area (Å²) in [6.07, 6.45) is 24.8. The largest absolute Gasteiger partial charge is 0.393 e. The quantitative estimate of drug-likeness (QED) is 0.216. The van der Waals surface area contributed by atoms with Gasteiger partial charge < -0.3 is 19.8 Å². The zero-order chi connectivity index (χ0) is 37.2. The number of aliphatic hydroxyl groups excluding tert-OH is 1. The van der Waals surface area contributed by atoms with Crippen molar-refractivity contribution in [2.45, 2.75) is 166 Å². The topological polar surface area (TPSA) is 96.4 Å². The SMILES string of the molecule is CC/C(=C(\C1CCC(O)CC1)C1CCC(N2CCC(CN3CCN(C4CCC5C(=O)N(C6CCC(=O)NC6=O)CC5C4)CC3)CC2)CC1)C1CCCCC1. The Morgan fingerprint density at radius 1 is 0.685 bits per heavy atom. The number of piperidine rings is 2. The molecule has 4 heterocycles. The molecule has 4 aliphatic heterocycles. The molecule has 0 aromatic heterocycles. The molecule has 0 aromatic rings. The molecule has 4 saturated heterocycles. The van der Waals surface area contributed by atoms with Crippen LogP contribution in [-0.4, -0.2) is 119 Å². The summed E-state index contributed by atoms with van der Waals surface area (Å²) in [6.45, 7) is 11.5. The first-order chi connectivity index (χ1) is 26.3. The van der Waals surface area contributed by atoms with Crippen molar-refractivity contribution in [2.24, 2.45) is 35.5 Å². The maximum absolute atomic E-state index is 13.3. The summed E-state index contributed by atoms with van der Waals surface area (Å²) in [7, 11) is 0. The fourth-order valence-corrected chi connectivity index (χ4v) is 13.3. The molecule has 8 rings (SSSR count). The highest BCUT2D eigenvalue weighted by molar-refractivity contribution is 6.02. The molecule has 0 bridgehead atoms. The van der Waals surface area contributed by atoms with Gasteiger partial charge in [-0.2, -0.15) is 0 Å². The van der Waals surface area contributed by atoms with E-state index >= 15 is 0 Å². The van der Waals surface area contributed by atoms with E-state index in [1.165, 1.54) is 110 Å². The van der Waals surface area contributed by atoms with Crippen LogP contribution >= 0.6 is 0 Å². The molecule has 4 aliphatic carbocycles. The third-order valence-electron chi connectivity index (χ3n) is 16.3. The van der Waals surface area contributed by atoms with Gasteiger partial charge in [-0.15, -0.1) is 0 Å². The van der Waals surface area contributed by atoms with Crippen LogP contribution < -0.4 is 5.32 Å². The highest BCUT2D eigenvalue weighted by atomic mass is 16.3. The van der Waals surface area contributed by atoms with Crippen molar-refractivity contribution >= 4 is 17.7 Å². The van der Waals surface area contributed by atoms with E-state index in [0.717, 1.165) is 88.0 Å². The van der Waals surface area contributed by atoms with Gasteiger partial charge >= 0.3 is 0 Å². The summed E-state index contributed by atoms with van der Waals surface area (Å²) in [6, 6.07) is 0.860. The monoisotopic (exact) mass is 748 g/mol. The molecule has 4 atom stereocenters. The van der Waals surface area contributed by atoms with Gasteiger partial charge in [-0.3, -0.25) is 24.6 Å². The number of carbonyl (C=O) groups excluding carboxylic acids is 3. The number of rotatable bonds is 9. The summed E-state index contributed by atoms with van der Waals surface area (Å²) < 4.78 is 0. The fourth-order valence-electron chi connectivity index (χ4n) is 13.3. The van der Waals surface area contributed by atoms with Crippen molar-refractivity contribution in [3.8, 4) is 0 Å². The number of likely N-dealkylation sites (tertiary alicyclic amines) is 2. The van der Waals surface area contributed by atoms with Gasteiger partial charge in [0.05, 0.1) is 6.10 Å². The fraction of sp³-hybridized carbons (Fsp3) is 0.889. The minimum Gasteiger partial charge on any atom is -0.393 e. The minimum absolute atomic E-state index is 0.0562. The summed E-state index contributed by atoms with van der Waals surface area (Å²) in [5.74, 6) is 3.22. The number of aliphatic hydroxyl groups is 1. The van der Waals surface area contributed by atoms with Crippen molar-refractivity contribution in [1.29, 1.82) is 0 Å². The van der Waals surface area contributed by atoms with Crippen LogP contribution in [0.5, 0.6) is 0 Å². The van der Waals surface area contributed by atoms with Gasteiger partial charge in [-0.1, -0.05) is 37.3 Å². The van der Waals surface area contributed by atoms with Crippen LogP contribution in [-0.2, 0) is 14.4 Å². The number of hydrogen-bond acceptors (Lipinski definition) is 7. The molecular formula is C45H73N5O4. The summed E-state index contributed by atoms with van der Waals surface area (Å²) in [5.41, 5.74) is 3.78. The number of nitrogens with one attached hydrogen (secondary N) is 1. The molecule has 4 saturated carbocycles. The number of allylic oxidation sites excluding steroid dienone is 2. The molecule has 0 aromatic carbocycles. The lowest BCUT2D eigenvalue weighted by atomic mass is 9.67. The van der Waals surface area contributed by atoms with Gasteiger partial charge in [0.2, 0.25) is 17.7 Å². The number of piperazine rings is 1. The molecule has 8 fully saturated rings. The highest BCUT2D eigenvalue weighted by Gasteiger charge is 2.49. The Kier molecular flexibility index (Phi) is 12.8. The first-order valence-electron chi connectivity index (χ1n) is 23.1. The van der Waals surface area contributed by atoms with Gasteiger partial charge in [0.1, 0.15) is 6.04 Å². The number of hydrogen-bond donors (Lipinski definition) is 2. The second-order valence-electron chi connectivity index (χ2n) is 19.3. The lowest BCUT2D eigenvalue weighted by Crippen LogP contribution is -2.53. The molecule has 302 valence electrons. The van der Waals surface area contributed by atoms with Crippen molar-refractivity contribution in [2.75, 3.05) is 52.4 Å². The van der Waals surface area contributed by atoms with Crippen LogP contribution in [0.1, 0.15) is 142 Å². The first-order valence-corrected chi connectivity index (χ1v) is 23.1. The molecule has 2 N–H and O–H groups in total. The van der Waals surface area contributed by atoms with E-state index in [0.29, 0.717) is 31.3 Å². The van der Waals surface area contributed by atoms with E-state index in [4.69, 9.17) is 0 Å². The minimum atomic E-state index is -0.465. The Morgan fingerprint density at radius 2 is 1.33 bits per heavy atom. The lowest BCUT2D eigenvalue weighted by Gasteiger charge is -2.45. The van der Waals surface area contributed by atoms with Crippen LogP contribution in [0.15, 0.2) is 11.1 Å². The predicted molar refractivity (Wildman–Crippen MR) is 212 cm³/mol. The summed E-state index contributed by atoms with van der Waals surface area (Å²) in [5, 5.41) is 12.8. The van der Waals surface area contributed by atoms with Gasteiger partial charge in [-0.25, -0.2) is 0 Å². The number of nitrogens with zero attached hydrogens (tertiary/aromatic N) is 4. The molecule has 9 heteroatoms. The van der Waals surface area contributed by atoms with Crippen molar-refractivity contribution in [3.63, 3.8) is 0 Å². The Bertz CT molecular complexity index is 1330. The van der Waals surface area contributed by atoms with E-state index in [1.54, 1.807) is 0 Å². The van der Waals surface area contributed by atoms with E-state index < -0.39 is 6.04 Å². The molecule has 3 amide bonds. The molecule has 0 spiro atoms. The van der Waals surface area contributed by atoms with Crippen LogP contribution in [0.4, 0.5) is 0 Å². The van der Waals surface area contributed by atoms with Crippen LogP contribution in [0.2, 0.25) is 0 Å². The van der Waals surface area contributed by atoms with Crippen LogP contribution in [0.25, 0.3) is 0 Å². The molecular weight excluding hydrogens is 675 g/mol. The second-order valence-corrected chi connectivity index (χ2v) is 19.3. The van der Waals surface area contributed by atoms with Crippen molar-refractivity contribution in [3.05, 3.63) is 11.1 Å². The predicted octanol–water partition coefficient (Wildman–Crippen LogP) is 6.15. The molecule has 8 aliphatic rings. The Morgan fingerprint density at radius 3 is 2.00 bits per heavy atom. The van der Waals surface area contributed by atoms with Gasteiger partial charge in [0, 0.05) is 63.7 Å². The molecule has 4 unspecified atom stereocenters. The Balaban J connectivity index is 0.768. The van der Waals surface area contributed by atoms with E-state index in [-0.39, 0.29) is 29.7 Å².